The predicted octanol–water partition coefficient (Wildman–Crippen LogP) is 4.19. The minimum Gasteiger partial charge on any atom is -0.477 e. The second-order valence-electron chi connectivity index (χ2n) is 4.93. The molecule has 0 fully saturated rings. The summed E-state index contributed by atoms with van der Waals surface area (Å²) in [5, 5.41) is 8.88. The Labute approximate surface area is 139 Å². The molecule has 0 saturated heterocycles. The number of anilines is 1. The van der Waals surface area contributed by atoms with Gasteiger partial charge in [-0.05, 0) is 49.8 Å². The van der Waals surface area contributed by atoms with Crippen LogP contribution in [0.25, 0.3) is 6.08 Å². The lowest BCUT2D eigenvalue weighted by Crippen LogP contribution is -2.21. The SMILES string of the molecule is CCN(CC)c1ccc(/C=C/C(=O)c2ccc(C(=O)O)s2)cc1. The summed E-state index contributed by atoms with van der Waals surface area (Å²) in [5.74, 6) is -1.19. The van der Waals surface area contributed by atoms with E-state index < -0.39 is 5.97 Å². The van der Waals surface area contributed by atoms with Gasteiger partial charge in [-0.3, -0.25) is 4.79 Å². The van der Waals surface area contributed by atoms with Crippen LogP contribution in [0, 0.1) is 0 Å². The number of aromatic carboxylic acids is 1. The molecule has 5 heteroatoms. The number of nitrogens with zero attached hydrogens (tertiary/aromatic N) is 1. The Kier molecular flexibility index (Phi) is 5.71. The fraction of sp³-hybridized carbons (Fsp3) is 0.222. The Bertz CT molecular complexity index is 712. The largest absolute Gasteiger partial charge is 0.477 e. The molecule has 0 aliphatic carbocycles. The second kappa shape index (κ2) is 7.74. The van der Waals surface area contributed by atoms with Crippen LogP contribution in [0.2, 0.25) is 0 Å². The molecule has 23 heavy (non-hydrogen) atoms. The van der Waals surface area contributed by atoms with Crippen LogP contribution in [0.5, 0.6) is 0 Å². The number of rotatable bonds is 7. The first-order valence-corrected chi connectivity index (χ1v) is 8.27. The fourth-order valence-corrected chi connectivity index (χ4v) is 2.99. The van der Waals surface area contributed by atoms with Gasteiger partial charge in [-0.2, -0.15) is 0 Å². The number of benzene rings is 1. The van der Waals surface area contributed by atoms with Crippen molar-refractivity contribution in [1.29, 1.82) is 0 Å². The highest BCUT2D eigenvalue weighted by atomic mass is 32.1. The molecule has 4 nitrogen and oxygen atoms in total. The number of hydrogen-bond acceptors (Lipinski definition) is 4. The zero-order valence-electron chi connectivity index (χ0n) is 13.2. The average molecular weight is 329 g/mol. The van der Waals surface area contributed by atoms with Gasteiger partial charge < -0.3 is 10.0 Å². The van der Waals surface area contributed by atoms with Gasteiger partial charge in [0.2, 0.25) is 0 Å². The first kappa shape index (κ1) is 17.0. The fourth-order valence-electron chi connectivity index (χ4n) is 2.22. The van der Waals surface area contributed by atoms with Crippen LogP contribution in [0.3, 0.4) is 0 Å². The standard InChI is InChI=1S/C18H19NO3S/c1-3-19(4-2)14-8-5-13(6-9-14)7-10-15(20)16-11-12-17(23-16)18(21)22/h5-12H,3-4H2,1-2H3,(H,21,22)/b10-7+. The summed E-state index contributed by atoms with van der Waals surface area (Å²) >= 11 is 0.990. The van der Waals surface area contributed by atoms with Gasteiger partial charge in [0.15, 0.2) is 5.78 Å². The first-order valence-electron chi connectivity index (χ1n) is 7.45. The quantitative estimate of drug-likeness (QED) is 0.611. The summed E-state index contributed by atoms with van der Waals surface area (Å²) in [6.07, 6.45) is 3.22. The number of ketones is 1. The molecule has 0 amide bonds. The highest BCUT2D eigenvalue weighted by molar-refractivity contribution is 7.16. The lowest BCUT2D eigenvalue weighted by Gasteiger charge is -2.20. The topological polar surface area (TPSA) is 57.6 Å². The average Bonchev–Trinajstić information content (AvgIpc) is 3.05. The van der Waals surface area contributed by atoms with Crippen molar-refractivity contribution < 1.29 is 14.7 Å². The Morgan fingerprint density at radius 1 is 1.04 bits per heavy atom. The van der Waals surface area contributed by atoms with Gasteiger partial charge in [-0.15, -0.1) is 11.3 Å². The Balaban J connectivity index is 2.07. The monoisotopic (exact) mass is 329 g/mol. The molecule has 0 spiro atoms. The lowest BCUT2D eigenvalue weighted by molar-refractivity contribution is 0.0702. The van der Waals surface area contributed by atoms with Crippen LogP contribution in [0.4, 0.5) is 5.69 Å². The first-order chi connectivity index (χ1) is 11.0. The third-order valence-corrected chi connectivity index (χ3v) is 4.60. The molecule has 1 aromatic heterocycles. The number of carbonyl (C=O) groups is 2. The molecule has 0 bridgehead atoms. The Morgan fingerprint density at radius 3 is 2.17 bits per heavy atom. The normalized spacial score (nSPS) is 10.9. The van der Waals surface area contributed by atoms with E-state index in [2.05, 4.69) is 18.7 Å². The summed E-state index contributed by atoms with van der Waals surface area (Å²) in [6, 6.07) is 11.0. The van der Waals surface area contributed by atoms with Crippen molar-refractivity contribution in [1.82, 2.24) is 0 Å². The van der Waals surface area contributed by atoms with E-state index >= 15 is 0 Å². The van der Waals surface area contributed by atoms with Crippen molar-refractivity contribution in [2.24, 2.45) is 0 Å². The van der Waals surface area contributed by atoms with Crippen LogP contribution in [-0.4, -0.2) is 29.9 Å². The van der Waals surface area contributed by atoms with Crippen molar-refractivity contribution in [2.45, 2.75) is 13.8 Å². The highest BCUT2D eigenvalue weighted by Gasteiger charge is 2.10. The summed E-state index contributed by atoms with van der Waals surface area (Å²) in [5.41, 5.74) is 2.09. The molecule has 1 N–H and O–H groups in total. The zero-order valence-corrected chi connectivity index (χ0v) is 14.0. The molecule has 1 aromatic carbocycles. The molecule has 0 aliphatic heterocycles. The molecule has 0 saturated carbocycles. The van der Waals surface area contributed by atoms with Crippen molar-refractivity contribution in [3.63, 3.8) is 0 Å². The molecule has 0 unspecified atom stereocenters. The van der Waals surface area contributed by atoms with E-state index in [1.165, 1.54) is 12.1 Å². The molecular weight excluding hydrogens is 310 g/mol. The summed E-state index contributed by atoms with van der Waals surface area (Å²) in [4.78, 5) is 25.7. The van der Waals surface area contributed by atoms with Crippen LogP contribution in [0.15, 0.2) is 42.5 Å². The highest BCUT2D eigenvalue weighted by Crippen LogP contribution is 2.19. The van der Waals surface area contributed by atoms with Crippen molar-refractivity contribution in [2.75, 3.05) is 18.0 Å². The maximum Gasteiger partial charge on any atom is 0.345 e. The minimum absolute atomic E-state index is 0.172. The van der Waals surface area contributed by atoms with E-state index in [4.69, 9.17) is 5.11 Å². The van der Waals surface area contributed by atoms with E-state index in [0.29, 0.717) is 4.88 Å². The lowest BCUT2D eigenvalue weighted by atomic mass is 10.1. The summed E-state index contributed by atoms with van der Waals surface area (Å²) in [7, 11) is 0. The second-order valence-corrected chi connectivity index (χ2v) is 6.01. The van der Waals surface area contributed by atoms with Gasteiger partial charge >= 0.3 is 5.97 Å². The summed E-state index contributed by atoms with van der Waals surface area (Å²) < 4.78 is 0. The van der Waals surface area contributed by atoms with Crippen LogP contribution in [-0.2, 0) is 0 Å². The maximum absolute atomic E-state index is 12.0. The number of allylic oxidation sites excluding steroid dienone is 1. The molecule has 0 radical (unpaired) electrons. The van der Waals surface area contributed by atoms with Crippen molar-refractivity contribution in [3.05, 3.63) is 57.8 Å². The summed E-state index contributed by atoms with van der Waals surface area (Å²) in [6.45, 7) is 6.13. The predicted molar refractivity (Wildman–Crippen MR) is 94.6 cm³/mol. The van der Waals surface area contributed by atoms with E-state index in [-0.39, 0.29) is 10.7 Å². The molecule has 120 valence electrons. The molecule has 0 atom stereocenters. The van der Waals surface area contributed by atoms with Crippen LogP contribution < -0.4 is 4.90 Å². The van der Waals surface area contributed by atoms with E-state index in [1.807, 2.05) is 24.3 Å². The zero-order chi connectivity index (χ0) is 16.8. The Hall–Kier alpha value is -2.40. The molecule has 2 rings (SSSR count). The number of carbonyl (C=O) groups excluding carboxylic acids is 1. The van der Waals surface area contributed by atoms with Gasteiger partial charge in [0.1, 0.15) is 4.88 Å². The number of carboxylic acids is 1. The number of carboxylic acid groups (broad SMARTS) is 1. The maximum atomic E-state index is 12.0. The molecule has 2 aromatic rings. The number of thiophene rings is 1. The van der Waals surface area contributed by atoms with Gasteiger partial charge in [0.25, 0.3) is 0 Å². The Morgan fingerprint density at radius 2 is 1.65 bits per heavy atom. The number of hydrogen-bond donors (Lipinski definition) is 1. The van der Waals surface area contributed by atoms with Gasteiger partial charge in [0, 0.05) is 18.8 Å². The minimum atomic E-state index is -1.01. The molecule has 1 heterocycles. The van der Waals surface area contributed by atoms with E-state index in [1.54, 1.807) is 12.1 Å². The smallest absolute Gasteiger partial charge is 0.345 e. The van der Waals surface area contributed by atoms with Gasteiger partial charge in [0.05, 0.1) is 4.88 Å². The van der Waals surface area contributed by atoms with Crippen molar-refractivity contribution >= 4 is 34.9 Å². The van der Waals surface area contributed by atoms with Gasteiger partial charge in [-0.25, -0.2) is 4.79 Å². The molecule has 0 aliphatic rings. The van der Waals surface area contributed by atoms with Crippen LogP contribution in [0.1, 0.15) is 38.8 Å². The third-order valence-electron chi connectivity index (χ3n) is 3.51. The van der Waals surface area contributed by atoms with E-state index in [0.717, 1.165) is 35.7 Å². The van der Waals surface area contributed by atoms with Gasteiger partial charge in [-0.1, -0.05) is 18.2 Å². The van der Waals surface area contributed by atoms with E-state index in [9.17, 15) is 9.59 Å². The van der Waals surface area contributed by atoms with Crippen LogP contribution >= 0.6 is 11.3 Å². The van der Waals surface area contributed by atoms with Crippen molar-refractivity contribution in [3.8, 4) is 0 Å². The third kappa shape index (κ3) is 4.29. The molecular formula is C18H19NO3S.